The fourth-order valence-electron chi connectivity index (χ4n) is 0.791. The highest BCUT2D eigenvalue weighted by molar-refractivity contribution is 8.13. The molecule has 0 bridgehead atoms. The fourth-order valence-corrected chi connectivity index (χ4v) is 1.25. The molecule has 1 rings (SSSR count). The topological polar surface area (TPSA) is 103 Å². The molecular weight excluding hydrogens is 214 g/mol. The van der Waals surface area contributed by atoms with Crippen molar-refractivity contribution in [2.75, 3.05) is 0 Å². The van der Waals surface area contributed by atoms with Crippen LogP contribution in [-0.4, -0.2) is 15.3 Å². The molecule has 1 aromatic heterocycles. The van der Waals surface area contributed by atoms with Gasteiger partial charge in [-0.15, -0.1) is 0 Å². The Balaban J connectivity index is 2.62. The van der Waals surface area contributed by atoms with Crippen molar-refractivity contribution in [1.29, 1.82) is 0 Å². The van der Waals surface area contributed by atoms with Crippen LogP contribution in [0.2, 0.25) is 0 Å². The zero-order valence-corrected chi connectivity index (χ0v) is 9.84. The van der Waals surface area contributed by atoms with E-state index in [4.69, 9.17) is 16.1 Å². The summed E-state index contributed by atoms with van der Waals surface area (Å²) in [7, 11) is 0. The van der Waals surface area contributed by atoms with Crippen LogP contribution in [0.3, 0.4) is 0 Å². The maximum Gasteiger partial charge on any atom is 0.237 e. The van der Waals surface area contributed by atoms with Crippen molar-refractivity contribution in [1.82, 2.24) is 10.1 Å². The molecule has 6 nitrogen and oxygen atoms in total. The normalized spacial score (nSPS) is 13.1. The van der Waals surface area contributed by atoms with E-state index in [0.29, 0.717) is 22.6 Å². The molecule has 0 aromatic carbocycles. The number of hydrogen-bond donors (Lipinski definition) is 2. The minimum atomic E-state index is -0.111. The molecule has 0 aliphatic rings. The van der Waals surface area contributed by atoms with Gasteiger partial charge in [0.15, 0.2) is 11.0 Å². The lowest BCUT2D eigenvalue weighted by atomic mass is 9.96. The summed E-state index contributed by atoms with van der Waals surface area (Å²) >= 11 is 1.26. The van der Waals surface area contributed by atoms with Crippen molar-refractivity contribution in [3.63, 3.8) is 0 Å². The van der Waals surface area contributed by atoms with Crippen molar-refractivity contribution < 1.29 is 4.52 Å². The second kappa shape index (κ2) is 4.52. The van der Waals surface area contributed by atoms with Crippen LogP contribution in [0.5, 0.6) is 0 Å². The van der Waals surface area contributed by atoms with E-state index in [0.717, 1.165) is 0 Å². The Morgan fingerprint density at radius 1 is 1.53 bits per heavy atom. The lowest BCUT2D eigenvalue weighted by Crippen LogP contribution is -2.13. The molecule has 15 heavy (non-hydrogen) atoms. The molecule has 0 spiro atoms. The first kappa shape index (κ1) is 11.8. The summed E-state index contributed by atoms with van der Waals surface area (Å²) in [6, 6.07) is 0. The zero-order chi connectivity index (χ0) is 11.5. The van der Waals surface area contributed by atoms with E-state index in [2.05, 4.69) is 15.2 Å². The molecule has 1 aromatic rings. The summed E-state index contributed by atoms with van der Waals surface area (Å²) in [4.78, 5) is 4.24. The Morgan fingerprint density at radius 2 is 2.20 bits per heavy atom. The molecular formula is C8H15N5OS. The monoisotopic (exact) mass is 229 g/mol. The third kappa shape index (κ3) is 3.43. The molecule has 84 valence electrons. The van der Waals surface area contributed by atoms with Gasteiger partial charge in [-0.3, -0.25) is 0 Å². The molecule has 0 atom stereocenters. The lowest BCUT2D eigenvalue weighted by molar-refractivity contribution is 0.373. The molecule has 0 amide bonds. The second-order valence-electron chi connectivity index (χ2n) is 4.02. The summed E-state index contributed by atoms with van der Waals surface area (Å²) < 4.78 is 5.05. The lowest BCUT2D eigenvalue weighted by Gasteiger charge is -2.10. The maximum atomic E-state index is 5.41. The van der Waals surface area contributed by atoms with E-state index in [-0.39, 0.29) is 5.41 Å². The largest absolute Gasteiger partial charge is 0.377 e. The quantitative estimate of drug-likeness (QED) is 0.336. The van der Waals surface area contributed by atoms with Gasteiger partial charge in [0.05, 0.1) is 5.75 Å². The van der Waals surface area contributed by atoms with Gasteiger partial charge in [-0.2, -0.15) is 10.1 Å². The molecule has 0 radical (unpaired) electrons. The first-order valence-electron chi connectivity index (χ1n) is 4.42. The average molecular weight is 229 g/mol. The minimum absolute atomic E-state index is 0.111. The number of amidine groups is 1. The standard InChI is InChI=1S/C8H15N5OS/c1-8(2,3)6-11-5(14-13-6)4-15-7(9)12-10/h4,10H2,1-3H3,(H2,9,12). The molecule has 4 N–H and O–H groups in total. The first-order chi connectivity index (χ1) is 6.93. The van der Waals surface area contributed by atoms with Crippen molar-refractivity contribution in [2.24, 2.45) is 16.7 Å². The Kier molecular flexibility index (Phi) is 3.57. The van der Waals surface area contributed by atoms with Gasteiger partial charge in [0.2, 0.25) is 5.89 Å². The van der Waals surface area contributed by atoms with Crippen molar-refractivity contribution in [2.45, 2.75) is 31.9 Å². The Bertz CT molecular complexity index is 354. The minimum Gasteiger partial charge on any atom is -0.377 e. The highest BCUT2D eigenvalue weighted by Gasteiger charge is 2.20. The Morgan fingerprint density at radius 3 is 2.67 bits per heavy atom. The van der Waals surface area contributed by atoms with Crippen LogP contribution in [0.4, 0.5) is 0 Å². The number of thioether (sulfide) groups is 1. The molecule has 0 unspecified atom stereocenters. The second-order valence-corrected chi connectivity index (χ2v) is 5.01. The van der Waals surface area contributed by atoms with E-state index in [1.54, 1.807) is 0 Å². The number of nitrogens with zero attached hydrogens (tertiary/aromatic N) is 3. The molecule has 0 saturated carbocycles. The van der Waals surface area contributed by atoms with Crippen molar-refractivity contribution >= 4 is 16.9 Å². The highest BCUT2D eigenvalue weighted by Crippen LogP contribution is 2.19. The highest BCUT2D eigenvalue weighted by atomic mass is 32.2. The van der Waals surface area contributed by atoms with Crippen LogP contribution in [0.25, 0.3) is 0 Å². The summed E-state index contributed by atoms with van der Waals surface area (Å²) in [6.45, 7) is 6.05. The van der Waals surface area contributed by atoms with Gasteiger partial charge < -0.3 is 16.1 Å². The summed E-state index contributed by atoms with van der Waals surface area (Å²) in [5, 5.41) is 7.50. The molecule has 0 fully saturated rings. The number of hydrazone groups is 1. The van der Waals surface area contributed by atoms with Gasteiger partial charge in [-0.05, 0) is 0 Å². The van der Waals surface area contributed by atoms with Crippen LogP contribution in [0.15, 0.2) is 9.62 Å². The van der Waals surface area contributed by atoms with Gasteiger partial charge in [-0.1, -0.05) is 37.7 Å². The van der Waals surface area contributed by atoms with Crippen LogP contribution >= 0.6 is 11.8 Å². The van der Waals surface area contributed by atoms with Gasteiger partial charge >= 0.3 is 0 Å². The van der Waals surface area contributed by atoms with E-state index in [9.17, 15) is 0 Å². The van der Waals surface area contributed by atoms with Gasteiger partial charge in [-0.25, -0.2) is 0 Å². The molecule has 0 aliphatic heterocycles. The van der Waals surface area contributed by atoms with E-state index in [1.807, 2.05) is 20.8 Å². The van der Waals surface area contributed by atoms with Gasteiger partial charge in [0.1, 0.15) is 0 Å². The smallest absolute Gasteiger partial charge is 0.237 e. The Labute approximate surface area is 92.5 Å². The predicted molar refractivity (Wildman–Crippen MR) is 60.1 cm³/mol. The van der Waals surface area contributed by atoms with Crippen LogP contribution in [-0.2, 0) is 11.2 Å². The van der Waals surface area contributed by atoms with Crippen LogP contribution in [0, 0.1) is 0 Å². The zero-order valence-electron chi connectivity index (χ0n) is 9.02. The van der Waals surface area contributed by atoms with E-state index in [1.165, 1.54) is 11.8 Å². The van der Waals surface area contributed by atoms with Crippen LogP contribution < -0.4 is 11.6 Å². The predicted octanol–water partition coefficient (Wildman–Crippen LogP) is 0.789. The molecule has 1 heterocycles. The summed E-state index contributed by atoms with van der Waals surface area (Å²) in [6.07, 6.45) is 0. The SMILES string of the molecule is CC(C)(C)c1noc(CSC(N)=NN)n1. The summed E-state index contributed by atoms with van der Waals surface area (Å²) in [5.41, 5.74) is 5.30. The Hall–Kier alpha value is -1.24. The number of rotatable bonds is 2. The van der Waals surface area contributed by atoms with Crippen LogP contribution in [0.1, 0.15) is 32.5 Å². The van der Waals surface area contributed by atoms with Gasteiger partial charge in [0.25, 0.3) is 0 Å². The number of hydrogen-bond acceptors (Lipinski definition) is 6. The summed E-state index contributed by atoms with van der Waals surface area (Å²) in [5.74, 6) is 6.67. The first-order valence-corrected chi connectivity index (χ1v) is 5.41. The third-order valence-corrected chi connectivity index (χ3v) is 2.40. The number of aromatic nitrogens is 2. The molecule has 0 aliphatic carbocycles. The number of nitrogens with two attached hydrogens (primary N) is 2. The van der Waals surface area contributed by atoms with Crippen molar-refractivity contribution in [3.8, 4) is 0 Å². The molecule has 7 heteroatoms. The fraction of sp³-hybridized carbons (Fsp3) is 0.625. The van der Waals surface area contributed by atoms with E-state index < -0.39 is 0 Å². The molecule has 0 saturated heterocycles. The maximum absolute atomic E-state index is 5.41. The third-order valence-electron chi connectivity index (χ3n) is 1.61. The van der Waals surface area contributed by atoms with Crippen molar-refractivity contribution in [3.05, 3.63) is 11.7 Å². The van der Waals surface area contributed by atoms with E-state index >= 15 is 0 Å². The van der Waals surface area contributed by atoms with Gasteiger partial charge in [0, 0.05) is 5.41 Å². The average Bonchev–Trinajstić information content (AvgIpc) is 2.61.